The Labute approximate surface area is 159 Å². The Morgan fingerprint density at radius 1 is 0.923 bits per heavy atom. The van der Waals surface area contributed by atoms with Crippen LogP contribution in [0.1, 0.15) is 38.2 Å². The highest BCUT2D eigenvalue weighted by Crippen LogP contribution is 2.23. The first-order valence-electron chi connectivity index (χ1n) is 10.6. The lowest BCUT2D eigenvalue weighted by atomic mass is 10.0. The quantitative estimate of drug-likeness (QED) is 0.779. The minimum absolute atomic E-state index is 0.692. The molecule has 3 aliphatic heterocycles. The molecule has 26 heavy (non-hydrogen) atoms. The number of hydrogen-bond donors (Lipinski definition) is 0. The van der Waals surface area contributed by atoms with E-state index in [1.54, 1.807) is 0 Å². The summed E-state index contributed by atoms with van der Waals surface area (Å²) in [7, 11) is 0. The van der Waals surface area contributed by atoms with Crippen molar-refractivity contribution in [2.24, 2.45) is 0 Å². The SMILES string of the molecule is C[C@@H]1CCCN1CCN1[C]N(C2CCN(Cc3ccccc3)CC2)CC1. The molecule has 0 spiro atoms. The third-order valence-corrected chi connectivity index (χ3v) is 6.48. The molecule has 0 aromatic heterocycles. The van der Waals surface area contributed by atoms with Crippen molar-refractivity contribution in [1.29, 1.82) is 0 Å². The summed E-state index contributed by atoms with van der Waals surface area (Å²) in [5.74, 6) is 0. The summed E-state index contributed by atoms with van der Waals surface area (Å²) >= 11 is 0. The molecule has 3 heterocycles. The Morgan fingerprint density at radius 2 is 1.73 bits per heavy atom. The fourth-order valence-corrected chi connectivity index (χ4v) is 4.74. The summed E-state index contributed by atoms with van der Waals surface area (Å²) in [5.41, 5.74) is 1.44. The molecule has 3 fully saturated rings. The van der Waals surface area contributed by atoms with Crippen LogP contribution in [0.3, 0.4) is 0 Å². The normalized spacial score (nSPS) is 27.5. The smallest absolute Gasteiger partial charge is 0.146 e. The van der Waals surface area contributed by atoms with Crippen LogP contribution in [0.4, 0.5) is 0 Å². The minimum Gasteiger partial charge on any atom is -0.299 e. The molecule has 3 aliphatic rings. The van der Waals surface area contributed by atoms with E-state index in [1.165, 1.54) is 64.0 Å². The van der Waals surface area contributed by atoms with Crippen LogP contribution in [0.15, 0.2) is 30.3 Å². The van der Waals surface area contributed by atoms with Crippen LogP contribution in [0.2, 0.25) is 0 Å². The van der Waals surface area contributed by atoms with E-state index in [-0.39, 0.29) is 0 Å². The van der Waals surface area contributed by atoms with Crippen LogP contribution >= 0.6 is 0 Å². The van der Waals surface area contributed by atoms with Crippen LogP contribution in [-0.2, 0) is 6.54 Å². The summed E-state index contributed by atoms with van der Waals surface area (Å²) in [5, 5.41) is 0. The second-order valence-electron chi connectivity index (χ2n) is 8.30. The third-order valence-electron chi connectivity index (χ3n) is 6.48. The number of likely N-dealkylation sites (tertiary alicyclic amines) is 2. The summed E-state index contributed by atoms with van der Waals surface area (Å²) in [6.07, 6.45) is 5.30. The standard InChI is InChI=1S/C22H34N4/c1-20-6-5-11-25(20)16-14-24-15-17-26(19-24)22-9-12-23(13-10-22)18-21-7-3-2-4-8-21/h2-4,7-8,20,22H,5-6,9-18H2,1H3/t20-/m1/s1. The lowest BCUT2D eigenvalue weighted by molar-refractivity contribution is 0.129. The van der Waals surface area contributed by atoms with Crippen molar-refractivity contribution in [3.63, 3.8) is 0 Å². The van der Waals surface area contributed by atoms with Gasteiger partial charge in [0.05, 0.1) is 0 Å². The summed E-state index contributed by atoms with van der Waals surface area (Å²) in [4.78, 5) is 10.2. The average Bonchev–Trinajstić information content (AvgIpc) is 3.30. The lowest BCUT2D eigenvalue weighted by Gasteiger charge is -2.36. The molecule has 142 valence electrons. The van der Waals surface area contributed by atoms with Gasteiger partial charge in [-0.2, -0.15) is 0 Å². The number of rotatable bonds is 6. The molecule has 2 radical (unpaired) electrons. The van der Waals surface area contributed by atoms with Crippen molar-refractivity contribution in [3.8, 4) is 0 Å². The Kier molecular flexibility index (Phi) is 6.26. The number of benzene rings is 1. The van der Waals surface area contributed by atoms with E-state index in [9.17, 15) is 0 Å². The van der Waals surface area contributed by atoms with E-state index in [4.69, 9.17) is 0 Å². The summed E-state index contributed by atoms with van der Waals surface area (Å²) in [6, 6.07) is 12.4. The van der Waals surface area contributed by atoms with Gasteiger partial charge in [-0.3, -0.25) is 19.6 Å². The summed E-state index contributed by atoms with van der Waals surface area (Å²) in [6.45, 7) is 15.5. The van der Waals surface area contributed by atoms with E-state index >= 15 is 0 Å². The molecule has 1 aromatic rings. The highest BCUT2D eigenvalue weighted by atomic mass is 15.4. The zero-order valence-electron chi connectivity index (χ0n) is 16.3. The fourth-order valence-electron chi connectivity index (χ4n) is 4.74. The molecular weight excluding hydrogens is 320 g/mol. The maximum absolute atomic E-state index is 3.69. The minimum atomic E-state index is 0.692. The summed E-state index contributed by atoms with van der Waals surface area (Å²) < 4.78 is 0. The van der Waals surface area contributed by atoms with Crippen molar-refractivity contribution in [2.45, 2.75) is 51.2 Å². The van der Waals surface area contributed by atoms with Gasteiger partial charge in [-0.25, -0.2) is 0 Å². The first kappa shape index (κ1) is 18.4. The highest BCUT2D eigenvalue weighted by Gasteiger charge is 2.31. The van der Waals surface area contributed by atoms with Gasteiger partial charge >= 0.3 is 0 Å². The van der Waals surface area contributed by atoms with Crippen LogP contribution < -0.4 is 0 Å². The van der Waals surface area contributed by atoms with Gasteiger partial charge in [0.2, 0.25) is 0 Å². The predicted octanol–water partition coefficient (Wildman–Crippen LogP) is 2.75. The maximum atomic E-state index is 3.69. The lowest BCUT2D eigenvalue weighted by Crippen LogP contribution is -2.43. The van der Waals surface area contributed by atoms with Crippen molar-refractivity contribution >= 4 is 0 Å². The van der Waals surface area contributed by atoms with Crippen LogP contribution in [0.25, 0.3) is 0 Å². The van der Waals surface area contributed by atoms with Crippen molar-refractivity contribution in [3.05, 3.63) is 42.6 Å². The third kappa shape index (κ3) is 4.66. The van der Waals surface area contributed by atoms with Gasteiger partial charge in [0.15, 0.2) is 0 Å². The molecule has 0 amide bonds. The molecule has 3 saturated heterocycles. The molecule has 0 unspecified atom stereocenters. The van der Waals surface area contributed by atoms with Crippen LogP contribution in [-0.4, -0.2) is 77.5 Å². The molecule has 1 aromatic carbocycles. The van der Waals surface area contributed by atoms with Gasteiger partial charge in [-0.15, -0.1) is 0 Å². The topological polar surface area (TPSA) is 13.0 Å². The second kappa shape index (κ2) is 8.83. The number of nitrogens with zero attached hydrogens (tertiary/aromatic N) is 4. The van der Waals surface area contributed by atoms with Gasteiger partial charge < -0.3 is 0 Å². The van der Waals surface area contributed by atoms with E-state index < -0.39 is 0 Å². The number of hydrogen-bond acceptors (Lipinski definition) is 4. The van der Waals surface area contributed by atoms with Gasteiger partial charge in [0.25, 0.3) is 0 Å². The second-order valence-corrected chi connectivity index (χ2v) is 8.30. The fraction of sp³-hybridized carbons (Fsp3) is 0.682. The molecule has 4 heteroatoms. The van der Waals surface area contributed by atoms with Gasteiger partial charge in [0.1, 0.15) is 6.67 Å². The van der Waals surface area contributed by atoms with E-state index in [0.29, 0.717) is 6.04 Å². The Morgan fingerprint density at radius 3 is 2.46 bits per heavy atom. The van der Waals surface area contributed by atoms with Gasteiger partial charge in [-0.05, 0) is 57.8 Å². The number of piperidine rings is 1. The van der Waals surface area contributed by atoms with Crippen LogP contribution in [0, 0.1) is 6.67 Å². The van der Waals surface area contributed by atoms with Gasteiger partial charge in [-0.1, -0.05) is 30.3 Å². The Hall–Kier alpha value is -0.940. The van der Waals surface area contributed by atoms with Crippen molar-refractivity contribution in [1.82, 2.24) is 19.6 Å². The first-order chi connectivity index (χ1) is 12.8. The molecular formula is C22H34N4. The zero-order chi connectivity index (χ0) is 17.8. The van der Waals surface area contributed by atoms with Crippen molar-refractivity contribution < 1.29 is 0 Å². The first-order valence-corrected chi connectivity index (χ1v) is 10.6. The van der Waals surface area contributed by atoms with E-state index in [2.05, 4.69) is 63.5 Å². The zero-order valence-corrected chi connectivity index (χ0v) is 16.3. The maximum Gasteiger partial charge on any atom is 0.146 e. The van der Waals surface area contributed by atoms with E-state index in [0.717, 1.165) is 25.7 Å². The largest absolute Gasteiger partial charge is 0.299 e. The molecule has 0 aliphatic carbocycles. The molecule has 0 saturated carbocycles. The molecule has 4 rings (SSSR count). The average molecular weight is 355 g/mol. The van der Waals surface area contributed by atoms with E-state index in [1.807, 2.05) is 0 Å². The molecule has 0 N–H and O–H groups in total. The Balaban J connectivity index is 1.17. The van der Waals surface area contributed by atoms with Gasteiger partial charge in [0, 0.05) is 44.8 Å². The highest BCUT2D eigenvalue weighted by molar-refractivity contribution is 5.14. The molecule has 0 bridgehead atoms. The van der Waals surface area contributed by atoms with Crippen LogP contribution in [0.5, 0.6) is 0 Å². The van der Waals surface area contributed by atoms with Crippen molar-refractivity contribution in [2.75, 3.05) is 45.8 Å². The Bertz CT molecular complexity index is 540. The molecule has 4 nitrogen and oxygen atoms in total. The predicted molar refractivity (Wildman–Crippen MR) is 107 cm³/mol. The monoisotopic (exact) mass is 354 g/mol. The molecule has 1 atom stereocenters.